The van der Waals surface area contributed by atoms with Gasteiger partial charge in [0, 0.05) is 6.42 Å². The van der Waals surface area contributed by atoms with E-state index in [0.717, 1.165) is 19.1 Å². The van der Waals surface area contributed by atoms with E-state index in [1.165, 1.54) is 24.8 Å². The fraction of sp³-hybridized carbons (Fsp3) is 0.783. The second kappa shape index (κ2) is 6.80. The first kappa shape index (κ1) is 20.3. The van der Waals surface area contributed by atoms with Crippen LogP contribution in [0.2, 0.25) is 0 Å². The third-order valence-electron chi connectivity index (χ3n) is 8.82. The molecule has 0 N–H and O–H groups in total. The van der Waals surface area contributed by atoms with Gasteiger partial charge in [0.25, 0.3) is 10.1 Å². The molecule has 0 saturated heterocycles. The molecule has 156 valence electrons. The average Bonchev–Trinajstić information content (AvgIpc) is 2.97. The summed E-state index contributed by atoms with van der Waals surface area (Å²) in [6, 6.07) is 0. The van der Waals surface area contributed by atoms with Crippen LogP contribution in [-0.4, -0.2) is 27.1 Å². The highest BCUT2D eigenvalue weighted by atomic mass is 32.2. The minimum Gasteiger partial charge on any atom is -0.295 e. The van der Waals surface area contributed by atoms with Crippen LogP contribution in [0.25, 0.3) is 0 Å². The lowest BCUT2D eigenvalue weighted by atomic mass is 9.48. The molecule has 4 rings (SSSR count). The van der Waals surface area contributed by atoms with Crippen molar-refractivity contribution in [3.63, 3.8) is 0 Å². The fourth-order valence-electron chi connectivity index (χ4n) is 7.32. The van der Waals surface area contributed by atoms with Crippen molar-refractivity contribution in [2.75, 3.05) is 12.9 Å². The number of allylic oxidation sites excluding steroid dienone is 4. The van der Waals surface area contributed by atoms with E-state index in [0.29, 0.717) is 36.7 Å². The molecule has 0 radical (unpaired) electrons. The smallest absolute Gasteiger partial charge is 0.264 e. The Labute approximate surface area is 169 Å². The standard InChI is InChI=1S/C23H34O4S/c1-15(14-27-28(4,25)26)19-7-8-20-18-6-5-16-13-17(24)9-11-22(16,2)21(18)10-12-23(19,20)3/h5-6,13,15,18-21H,7-12,14H2,1-4H3/t15?,18-,19+,20-,21-,22-,23+/m0/s1. The largest absolute Gasteiger partial charge is 0.295 e. The summed E-state index contributed by atoms with van der Waals surface area (Å²) in [5, 5.41) is 0. The summed E-state index contributed by atoms with van der Waals surface area (Å²) in [6.07, 6.45) is 14.1. The van der Waals surface area contributed by atoms with Crippen molar-refractivity contribution in [1.29, 1.82) is 0 Å². The zero-order valence-electron chi connectivity index (χ0n) is 17.6. The Morgan fingerprint density at radius 2 is 1.93 bits per heavy atom. The third-order valence-corrected chi connectivity index (χ3v) is 9.39. The predicted molar refractivity (Wildman–Crippen MR) is 110 cm³/mol. The van der Waals surface area contributed by atoms with E-state index in [-0.39, 0.29) is 22.5 Å². The lowest BCUT2D eigenvalue weighted by Crippen LogP contribution is -2.49. The summed E-state index contributed by atoms with van der Waals surface area (Å²) >= 11 is 0. The SMILES string of the molecule is CC(COS(C)(=O)=O)[C@H]1CC[C@H]2[C@@H]3C=CC4=CC(=O)CC[C@]4(C)[C@H]3CC[C@]12C. The molecule has 0 spiro atoms. The molecular weight excluding hydrogens is 372 g/mol. The van der Waals surface area contributed by atoms with E-state index in [1.807, 2.05) is 6.08 Å². The number of rotatable bonds is 4. The molecule has 2 fully saturated rings. The van der Waals surface area contributed by atoms with Crippen LogP contribution < -0.4 is 0 Å². The van der Waals surface area contributed by atoms with E-state index in [1.54, 1.807) is 0 Å². The lowest BCUT2D eigenvalue weighted by molar-refractivity contribution is -0.116. The number of ketones is 1. The molecule has 4 aliphatic rings. The van der Waals surface area contributed by atoms with Crippen LogP contribution in [0, 0.1) is 40.4 Å². The van der Waals surface area contributed by atoms with Crippen LogP contribution in [0.15, 0.2) is 23.8 Å². The van der Waals surface area contributed by atoms with Crippen molar-refractivity contribution in [1.82, 2.24) is 0 Å². The van der Waals surface area contributed by atoms with E-state index in [2.05, 4.69) is 32.9 Å². The van der Waals surface area contributed by atoms with E-state index in [4.69, 9.17) is 4.18 Å². The Balaban J connectivity index is 1.58. The number of carbonyl (C=O) groups is 1. The molecule has 7 atom stereocenters. The van der Waals surface area contributed by atoms with Gasteiger partial charge in [-0.05, 0) is 84.2 Å². The molecule has 0 heterocycles. The zero-order valence-corrected chi connectivity index (χ0v) is 18.4. The Kier molecular flexibility index (Phi) is 4.94. The van der Waals surface area contributed by atoms with Crippen molar-refractivity contribution in [2.24, 2.45) is 40.4 Å². The van der Waals surface area contributed by atoms with Crippen molar-refractivity contribution < 1.29 is 17.4 Å². The molecule has 4 aliphatic carbocycles. The normalized spacial score (nSPS) is 43.7. The minimum absolute atomic E-state index is 0.137. The first-order valence-corrected chi connectivity index (χ1v) is 12.6. The summed E-state index contributed by atoms with van der Waals surface area (Å²) in [5.74, 6) is 2.86. The van der Waals surface area contributed by atoms with Crippen LogP contribution >= 0.6 is 0 Å². The average molecular weight is 407 g/mol. The first-order chi connectivity index (χ1) is 13.0. The third kappa shape index (κ3) is 3.23. The van der Waals surface area contributed by atoms with Crippen LogP contribution in [0.1, 0.15) is 59.3 Å². The van der Waals surface area contributed by atoms with Crippen LogP contribution in [0.4, 0.5) is 0 Å². The van der Waals surface area contributed by atoms with Gasteiger partial charge < -0.3 is 0 Å². The van der Waals surface area contributed by atoms with Crippen molar-refractivity contribution in [3.05, 3.63) is 23.8 Å². The molecule has 4 nitrogen and oxygen atoms in total. The Morgan fingerprint density at radius 1 is 1.18 bits per heavy atom. The van der Waals surface area contributed by atoms with E-state index >= 15 is 0 Å². The van der Waals surface area contributed by atoms with Crippen LogP contribution in [-0.2, 0) is 19.1 Å². The highest BCUT2D eigenvalue weighted by Gasteiger charge is 2.58. The van der Waals surface area contributed by atoms with Gasteiger partial charge in [-0.3, -0.25) is 8.98 Å². The van der Waals surface area contributed by atoms with Gasteiger partial charge in [0.15, 0.2) is 5.78 Å². The topological polar surface area (TPSA) is 60.4 Å². The van der Waals surface area contributed by atoms with Gasteiger partial charge in [-0.25, -0.2) is 0 Å². The van der Waals surface area contributed by atoms with Gasteiger partial charge in [0.1, 0.15) is 0 Å². The van der Waals surface area contributed by atoms with E-state index < -0.39 is 10.1 Å². The number of carbonyl (C=O) groups excluding carboxylic acids is 1. The summed E-state index contributed by atoms with van der Waals surface area (Å²) < 4.78 is 28.0. The quantitative estimate of drug-likeness (QED) is 0.644. The maximum atomic E-state index is 11.9. The molecule has 0 aromatic carbocycles. The van der Waals surface area contributed by atoms with Crippen LogP contribution in [0.3, 0.4) is 0 Å². The number of fused-ring (bicyclic) bond motifs is 5. The van der Waals surface area contributed by atoms with Crippen molar-refractivity contribution >= 4 is 15.9 Å². The number of hydrogen-bond acceptors (Lipinski definition) is 4. The second-order valence-corrected chi connectivity index (χ2v) is 12.0. The lowest BCUT2D eigenvalue weighted by Gasteiger charge is -2.56. The van der Waals surface area contributed by atoms with Crippen molar-refractivity contribution in [3.8, 4) is 0 Å². The fourth-order valence-corrected chi connectivity index (χ4v) is 7.78. The molecule has 5 heteroatoms. The molecule has 0 amide bonds. The van der Waals surface area contributed by atoms with Gasteiger partial charge >= 0.3 is 0 Å². The predicted octanol–water partition coefficient (Wildman–Crippen LogP) is 4.52. The van der Waals surface area contributed by atoms with Gasteiger partial charge in [-0.2, -0.15) is 8.42 Å². The maximum Gasteiger partial charge on any atom is 0.264 e. The van der Waals surface area contributed by atoms with Gasteiger partial charge in [-0.15, -0.1) is 0 Å². The molecule has 28 heavy (non-hydrogen) atoms. The van der Waals surface area contributed by atoms with E-state index in [9.17, 15) is 13.2 Å². The molecule has 1 unspecified atom stereocenters. The summed E-state index contributed by atoms with van der Waals surface area (Å²) in [7, 11) is -3.39. The summed E-state index contributed by atoms with van der Waals surface area (Å²) in [6.45, 7) is 7.27. The monoisotopic (exact) mass is 406 g/mol. The molecule has 0 aromatic heterocycles. The molecular formula is C23H34O4S. The molecule has 0 aromatic rings. The second-order valence-electron chi connectivity index (χ2n) is 10.3. The zero-order chi connectivity index (χ0) is 20.3. The first-order valence-electron chi connectivity index (χ1n) is 10.8. The van der Waals surface area contributed by atoms with Gasteiger partial charge in [0.2, 0.25) is 0 Å². The highest BCUT2D eigenvalue weighted by molar-refractivity contribution is 7.85. The number of hydrogen-bond donors (Lipinski definition) is 0. The summed E-state index contributed by atoms with van der Waals surface area (Å²) in [5.41, 5.74) is 1.63. The van der Waals surface area contributed by atoms with Gasteiger partial charge in [-0.1, -0.05) is 32.9 Å². The molecule has 0 aliphatic heterocycles. The maximum absolute atomic E-state index is 11.9. The molecule has 0 bridgehead atoms. The van der Waals surface area contributed by atoms with Crippen molar-refractivity contribution in [2.45, 2.75) is 59.3 Å². The Hall–Kier alpha value is -0.940. The van der Waals surface area contributed by atoms with Crippen LogP contribution in [0.5, 0.6) is 0 Å². The Morgan fingerprint density at radius 3 is 2.64 bits per heavy atom. The minimum atomic E-state index is -3.39. The Bertz CT molecular complexity index is 826. The molecule has 2 saturated carbocycles. The summed E-state index contributed by atoms with van der Waals surface area (Å²) in [4.78, 5) is 11.9. The van der Waals surface area contributed by atoms with Gasteiger partial charge in [0.05, 0.1) is 12.9 Å². The highest BCUT2D eigenvalue weighted by Crippen LogP contribution is 2.66.